The molecule has 1 aliphatic heterocycles. The fourth-order valence-corrected chi connectivity index (χ4v) is 2.23. The van der Waals surface area contributed by atoms with Gasteiger partial charge in [0, 0.05) is 5.57 Å². The number of cyclic esters (lactones) is 1. The van der Waals surface area contributed by atoms with E-state index in [0.717, 1.165) is 18.4 Å². The Balaban J connectivity index is 2.14. The second kappa shape index (κ2) is 3.95. The van der Waals surface area contributed by atoms with Crippen molar-refractivity contribution in [3.05, 3.63) is 11.6 Å². The smallest absolute Gasteiger partial charge is 0.333 e. The van der Waals surface area contributed by atoms with Crippen molar-refractivity contribution >= 4 is 5.97 Å². The number of carbonyl (C=O) groups excluding carboxylic acids is 1. The van der Waals surface area contributed by atoms with Gasteiger partial charge in [0.25, 0.3) is 0 Å². The third-order valence-corrected chi connectivity index (χ3v) is 2.98. The van der Waals surface area contributed by atoms with Gasteiger partial charge in [-0.1, -0.05) is 6.08 Å². The van der Waals surface area contributed by atoms with Gasteiger partial charge < -0.3 is 4.74 Å². The molecule has 0 aromatic heterocycles. The Hall–Kier alpha value is -0.790. The van der Waals surface area contributed by atoms with E-state index in [-0.39, 0.29) is 5.97 Å². The van der Waals surface area contributed by atoms with Crippen LogP contribution in [-0.2, 0) is 9.53 Å². The first-order valence-electron chi connectivity index (χ1n) is 5.25. The zero-order chi connectivity index (χ0) is 9.10. The summed E-state index contributed by atoms with van der Waals surface area (Å²) < 4.78 is 5.15. The average molecular weight is 180 g/mol. The van der Waals surface area contributed by atoms with E-state index in [1.165, 1.54) is 25.7 Å². The van der Waals surface area contributed by atoms with Gasteiger partial charge in [-0.15, -0.1) is 0 Å². The van der Waals surface area contributed by atoms with Crippen LogP contribution in [0.3, 0.4) is 0 Å². The third kappa shape index (κ3) is 1.93. The lowest BCUT2D eigenvalue weighted by Crippen LogP contribution is -2.21. The van der Waals surface area contributed by atoms with Crippen molar-refractivity contribution in [2.45, 2.75) is 38.5 Å². The highest BCUT2D eigenvalue weighted by atomic mass is 16.5. The standard InChI is InChI=1S/C11H16O2/c12-11-10-7-2-1-5-9(10)6-3-4-8-13-11/h7,9H,1-6,8H2/t9-/m0/s1. The molecule has 0 saturated carbocycles. The first-order chi connectivity index (χ1) is 6.38. The number of hydrogen-bond acceptors (Lipinski definition) is 2. The van der Waals surface area contributed by atoms with E-state index in [2.05, 4.69) is 6.08 Å². The molecular weight excluding hydrogens is 164 g/mol. The summed E-state index contributed by atoms with van der Waals surface area (Å²) in [5, 5.41) is 0. The van der Waals surface area contributed by atoms with Crippen molar-refractivity contribution in [1.82, 2.24) is 0 Å². The van der Waals surface area contributed by atoms with Gasteiger partial charge in [-0.2, -0.15) is 0 Å². The van der Waals surface area contributed by atoms with Crippen molar-refractivity contribution in [3.63, 3.8) is 0 Å². The quantitative estimate of drug-likeness (QED) is 0.535. The molecule has 1 saturated heterocycles. The summed E-state index contributed by atoms with van der Waals surface area (Å²) >= 11 is 0. The van der Waals surface area contributed by atoms with E-state index in [1.54, 1.807) is 0 Å². The summed E-state index contributed by atoms with van der Waals surface area (Å²) in [4.78, 5) is 11.5. The summed E-state index contributed by atoms with van der Waals surface area (Å²) in [6.07, 6.45) is 8.98. The molecule has 0 bridgehead atoms. The minimum Gasteiger partial charge on any atom is -0.462 e. The van der Waals surface area contributed by atoms with Crippen LogP contribution in [0, 0.1) is 5.92 Å². The van der Waals surface area contributed by atoms with Gasteiger partial charge >= 0.3 is 5.97 Å². The maximum atomic E-state index is 11.5. The van der Waals surface area contributed by atoms with Crippen LogP contribution >= 0.6 is 0 Å². The zero-order valence-electron chi connectivity index (χ0n) is 7.92. The molecule has 0 radical (unpaired) electrons. The van der Waals surface area contributed by atoms with Crippen LogP contribution in [0.2, 0.25) is 0 Å². The van der Waals surface area contributed by atoms with E-state index >= 15 is 0 Å². The van der Waals surface area contributed by atoms with Crippen LogP contribution < -0.4 is 0 Å². The molecule has 2 aliphatic rings. The Kier molecular flexibility index (Phi) is 2.67. The van der Waals surface area contributed by atoms with Crippen LogP contribution in [0.15, 0.2) is 11.6 Å². The summed E-state index contributed by atoms with van der Waals surface area (Å²) in [5.74, 6) is 0.450. The fourth-order valence-electron chi connectivity index (χ4n) is 2.23. The Morgan fingerprint density at radius 2 is 2.08 bits per heavy atom. The maximum absolute atomic E-state index is 11.5. The normalized spacial score (nSPS) is 29.4. The van der Waals surface area contributed by atoms with Crippen molar-refractivity contribution < 1.29 is 9.53 Å². The largest absolute Gasteiger partial charge is 0.462 e. The summed E-state index contributed by atoms with van der Waals surface area (Å²) in [5.41, 5.74) is 0.964. The van der Waals surface area contributed by atoms with Crippen LogP contribution in [-0.4, -0.2) is 12.6 Å². The van der Waals surface area contributed by atoms with E-state index < -0.39 is 0 Å². The lowest BCUT2D eigenvalue weighted by molar-refractivity contribution is -0.140. The molecule has 1 atom stereocenters. The van der Waals surface area contributed by atoms with E-state index in [1.807, 2.05) is 0 Å². The third-order valence-electron chi connectivity index (χ3n) is 2.98. The maximum Gasteiger partial charge on any atom is 0.333 e. The van der Waals surface area contributed by atoms with Crippen molar-refractivity contribution in [1.29, 1.82) is 0 Å². The second-order valence-corrected chi connectivity index (χ2v) is 3.92. The molecule has 1 heterocycles. The van der Waals surface area contributed by atoms with Gasteiger partial charge in [0.15, 0.2) is 0 Å². The highest BCUT2D eigenvalue weighted by Crippen LogP contribution is 2.31. The van der Waals surface area contributed by atoms with Crippen molar-refractivity contribution in [3.8, 4) is 0 Å². The molecule has 2 nitrogen and oxygen atoms in total. The Morgan fingerprint density at radius 1 is 1.23 bits per heavy atom. The Labute approximate surface area is 79.0 Å². The van der Waals surface area contributed by atoms with Crippen LogP contribution in [0.25, 0.3) is 0 Å². The zero-order valence-corrected chi connectivity index (χ0v) is 7.92. The first kappa shape index (κ1) is 8.79. The van der Waals surface area contributed by atoms with E-state index in [4.69, 9.17) is 4.74 Å². The number of ether oxygens (including phenoxy) is 1. The molecule has 72 valence electrons. The highest BCUT2D eigenvalue weighted by Gasteiger charge is 2.25. The second-order valence-electron chi connectivity index (χ2n) is 3.92. The number of hydrogen-bond donors (Lipinski definition) is 0. The highest BCUT2D eigenvalue weighted by molar-refractivity contribution is 5.89. The molecular formula is C11H16O2. The topological polar surface area (TPSA) is 26.3 Å². The molecule has 0 unspecified atom stereocenters. The van der Waals surface area contributed by atoms with Crippen molar-refractivity contribution in [2.75, 3.05) is 6.61 Å². The number of fused-ring (bicyclic) bond motifs is 1. The average Bonchev–Trinajstić information content (AvgIpc) is 2.14. The van der Waals surface area contributed by atoms with Gasteiger partial charge in [0.2, 0.25) is 0 Å². The van der Waals surface area contributed by atoms with Crippen LogP contribution in [0.1, 0.15) is 38.5 Å². The summed E-state index contributed by atoms with van der Waals surface area (Å²) in [6, 6.07) is 0. The number of carbonyl (C=O) groups is 1. The minimum absolute atomic E-state index is 0.0515. The van der Waals surface area contributed by atoms with Crippen LogP contribution in [0.5, 0.6) is 0 Å². The van der Waals surface area contributed by atoms with Crippen molar-refractivity contribution in [2.24, 2.45) is 5.92 Å². The van der Waals surface area contributed by atoms with Gasteiger partial charge in [-0.3, -0.25) is 0 Å². The molecule has 0 aromatic carbocycles. The number of allylic oxidation sites excluding steroid dienone is 1. The molecule has 0 aromatic rings. The molecule has 0 spiro atoms. The SMILES string of the molecule is O=C1OCCCC[C@@H]2CCCC=C12. The Bertz CT molecular complexity index is 230. The fraction of sp³-hybridized carbons (Fsp3) is 0.727. The molecule has 1 aliphatic carbocycles. The lowest BCUT2D eigenvalue weighted by Gasteiger charge is -2.25. The summed E-state index contributed by atoms with van der Waals surface area (Å²) in [6.45, 7) is 0.614. The molecule has 2 rings (SSSR count). The number of rotatable bonds is 0. The van der Waals surface area contributed by atoms with E-state index in [9.17, 15) is 4.79 Å². The molecule has 2 heteroatoms. The monoisotopic (exact) mass is 180 g/mol. The predicted octanol–water partition coefficient (Wildman–Crippen LogP) is 2.44. The van der Waals surface area contributed by atoms with Crippen LogP contribution in [0.4, 0.5) is 0 Å². The number of esters is 1. The van der Waals surface area contributed by atoms with Gasteiger partial charge in [0.05, 0.1) is 6.61 Å². The lowest BCUT2D eigenvalue weighted by atomic mass is 9.83. The molecule has 1 fully saturated rings. The molecule has 0 N–H and O–H groups in total. The predicted molar refractivity (Wildman–Crippen MR) is 50.2 cm³/mol. The first-order valence-corrected chi connectivity index (χ1v) is 5.25. The van der Waals surface area contributed by atoms with Gasteiger partial charge in [0.1, 0.15) is 0 Å². The summed E-state index contributed by atoms with van der Waals surface area (Å²) in [7, 11) is 0. The van der Waals surface area contributed by atoms with E-state index in [0.29, 0.717) is 12.5 Å². The van der Waals surface area contributed by atoms with Gasteiger partial charge in [-0.05, 0) is 44.4 Å². The molecule has 13 heavy (non-hydrogen) atoms. The van der Waals surface area contributed by atoms with Gasteiger partial charge in [-0.25, -0.2) is 4.79 Å². The Morgan fingerprint density at radius 3 is 3.00 bits per heavy atom. The molecule has 0 amide bonds. The minimum atomic E-state index is -0.0515.